The summed E-state index contributed by atoms with van der Waals surface area (Å²) in [5, 5.41) is 0. The SMILES string of the molecule is COC(=O)[C@H](C)C1=CCc2cc(OC)ccc21. The molecule has 0 radical (unpaired) electrons. The van der Waals surface area contributed by atoms with Gasteiger partial charge in [0.1, 0.15) is 5.75 Å². The number of esters is 1. The van der Waals surface area contributed by atoms with Crippen LogP contribution in [-0.4, -0.2) is 20.2 Å². The molecule has 0 saturated carbocycles. The Morgan fingerprint density at radius 2 is 2.12 bits per heavy atom. The van der Waals surface area contributed by atoms with E-state index in [1.807, 2.05) is 25.1 Å². The van der Waals surface area contributed by atoms with Crippen LogP contribution in [0, 0.1) is 5.92 Å². The minimum atomic E-state index is -0.213. The summed E-state index contributed by atoms with van der Waals surface area (Å²) in [6.07, 6.45) is 2.94. The number of rotatable bonds is 3. The van der Waals surface area contributed by atoms with Crippen molar-refractivity contribution in [2.45, 2.75) is 13.3 Å². The zero-order valence-corrected chi connectivity index (χ0v) is 10.3. The summed E-state index contributed by atoms with van der Waals surface area (Å²) in [7, 11) is 3.07. The van der Waals surface area contributed by atoms with Crippen LogP contribution in [0.15, 0.2) is 24.3 Å². The van der Waals surface area contributed by atoms with E-state index in [4.69, 9.17) is 9.47 Å². The lowest BCUT2D eigenvalue weighted by molar-refractivity contribution is -0.142. The molecule has 0 spiro atoms. The van der Waals surface area contributed by atoms with Crippen molar-refractivity contribution < 1.29 is 14.3 Å². The zero-order chi connectivity index (χ0) is 12.4. The van der Waals surface area contributed by atoms with E-state index in [0.717, 1.165) is 23.3 Å². The van der Waals surface area contributed by atoms with E-state index in [0.29, 0.717) is 0 Å². The van der Waals surface area contributed by atoms with Gasteiger partial charge in [0.05, 0.1) is 20.1 Å². The molecule has 0 fully saturated rings. The minimum Gasteiger partial charge on any atom is -0.497 e. The first kappa shape index (κ1) is 11.7. The highest BCUT2D eigenvalue weighted by atomic mass is 16.5. The molecule has 0 heterocycles. The predicted octanol–water partition coefficient (Wildman–Crippen LogP) is 2.44. The Labute approximate surface area is 101 Å². The molecular weight excluding hydrogens is 216 g/mol. The third-order valence-electron chi connectivity index (χ3n) is 3.19. The average Bonchev–Trinajstić information content (AvgIpc) is 2.79. The Hall–Kier alpha value is -1.77. The number of ether oxygens (including phenoxy) is 2. The van der Waals surface area contributed by atoms with Crippen molar-refractivity contribution in [1.82, 2.24) is 0 Å². The second-order valence-electron chi connectivity index (χ2n) is 4.13. The standard InChI is InChI=1S/C14H16O3/c1-9(14(15)17-3)12-6-4-10-8-11(16-2)5-7-13(10)12/h5-9H,4H2,1-3H3/t9-/m1/s1. The summed E-state index contributed by atoms with van der Waals surface area (Å²) in [6, 6.07) is 5.94. The molecule has 0 saturated heterocycles. The fourth-order valence-electron chi connectivity index (χ4n) is 2.19. The Bertz CT molecular complexity index is 474. The number of allylic oxidation sites excluding steroid dienone is 1. The molecule has 0 aliphatic heterocycles. The highest BCUT2D eigenvalue weighted by Crippen LogP contribution is 2.35. The number of benzene rings is 1. The number of carbonyl (C=O) groups is 1. The minimum absolute atomic E-state index is 0.195. The van der Waals surface area contributed by atoms with Crippen molar-refractivity contribution in [2.75, 3.05) is 14.2 Å². The Morgan fingerprint density at radius 3 is 2.76 bits per heavy atom. The topological polar surface area (TPSA) is 35.5 Å². The Kier molecular flexibility index (Phi) is 3.18. The molecule has 3 nitrogen and oxygen atoms in total. The summed E-state index contributed by atoms with van der Waals surface area (Å²) >= 11 is 0. The van der Waals surface area contributed by atoms with Gasteiger partial charge in [-0.05, 0) is 42.2 Å². The summed E-state index contributed by atoms with van der Waals surface area (Å²) in [5.74, 6) is 0.443. The predicted molar refractivity (Wildman–Crippen MR) is 65.9 cm³/mol. The van der Waals surface area contributed by atoms with Gasteiger partial charge in [0.15, 0.2) is 0 Å². The normalized spacial score (nSPS) is 14.9. The summed E-state index contributed by atoms with van der Waals surface area (Å²) in [4.78, 5) is 11.5. The van der Waals surface area contributed by atoms with Crippen LogP contribution in [0.1, 0.15) is 18.1 Å². The second kappa shape index (κ2) is 4.62. The number of hydrogen-bond acceptors (Lipinski definition) is 3. The maximum absolute atomic E-state index is 11.5. The summed E-state index contributed by atoms with van der Waals surface area (Å²) < 4.78 is 9.97. The van der Waals surface area contributed by atoms with E-state index in [1.54, 1.807) is 7.11 Å². The van der Waals surface area contributed by atoms with Crippen LogP contribution >= 0.6 is 0 Å². The van der Waals surface area contributed by atoms with Gasteiger partial charge in [-0.15, -0.1) is 0 Å². The zero-order valence-electron chi connectivity index (χ0n) is 10.3. The molecule has 17 heavy (non-hydrogen) atoms. The third kappa shape index (κ3) is 2.05. The number of fused-ring (bicyclic) bond motifs is 1. The van der Waals surface area contributed by atoms with Crippen LogP contribution < -0.4 is 4.74 Å². The maximum atomic E-state index is 11.5. The van der Waals surface area contributed by atoms with Crippen LogP contribution in [0.3, 0.4) is 0 Å². The van der Waals surface area contributed by atoms with Crippen molar-refractivity contribution in [1.29, 1.82) is 0 Å². The van der Waals surface area contributed by atoms with Gasteiger partial charge in [-0.1, -0.05) is 12.1 Å². The molecule has 2 rings (SSSR count). The van der Waals surface area contributed by atoms with Gasteiger partial charge in [0.25, 0.3) is 0 Å². The van der Waals surface area contributed by atoms with Crippen molar-refractivity contribution in [3.63, 3.8) is 0 Å². The molecule has 90 valence electrons. The molecule has 1 atom stereocenters. The van der Waals surface area contributed by atoms with Crippen molar-refractivity contribution in [3.05, 3.63) is 35.4 Å². The molecule has 0 unspecified atom stereocenters. The molecule has 1 aromatic carbocycles. The molecule has 1 aromatic rings. The maximum Gasteiger partial charge on any atom is 0.312 e. The van der Waals surface area contributed by atoms with Gasteiger partial charge >= 0.3 is 5.97 Å². The van der Waals surface area contributed by atoms with Crippen LogP contribution in [0.4, 0.5) is 0 Å². The Balaban J connectivity index is 2.30. The van der Waals surface area contributed by atoms with Gasteiger partial charge in [0, 0.05) is 0 Å². The quantitative estimate of drug-likeness (QED) is 0.751. The van der Waals surface area contributed by atoms with E-state index < -0.39 is 0 Å². The number of methoxy groups -OCH3 is 2. The fourth-order valence-corrected chi connectivity index (χ4v) is 2.19. The van der Waals surface area contributed by atoms with Gasteiger partial charge in [0.2, 0.25) is 0 Å². The van der Waals surface area contributed by atoms with E-state index in [1.165, 1.54) is 12.7 Å². The molecule has 0 N–H and O–H groups in total. The molecule has 1 aliphatic rings. The lowest BCUT2D eigenvalue weighted by Crippen LogP contribution is -2.13. The molecular formula is C14H16O3. The first-order valence-electron chi connectivity index (χ1n) is 5.62. The number of carbonyl (C=O) groups excluding carboxylic acids is 1. The highest BCUT2D eigenvalue weighted by molar-refractivity contribution is 5.90. The van der Waals surface area contributed by atoms with Crippen LogP contribution in [0.5, 0.6) is 5.75 Å². The smallest absolute Gasteiger partial charge is 0.312 e. The van der Waals surface area contributed by atoms with E-state index >= 15 is 0 Å². The first-order valence-corrected chi connectivity index (χ1v) is 5.62. The lowest BCUT2D eigenvalue weighted by Gasteiger charge is -2.12. The van der Waals surface area contributed by atoms with Gasteiger partial charge in [-0.2, -0.15) is 0 Å². The average molecular weight is 232 g/mol. The second-order valence-corrected chi connectivity index (χ2v) is 4.13. The van der Waals surface area contributed by atoms with E-state index in [2.05, 4.69) is 6.08 Å². The van der Waals surface area contributed by atoms with Gasteiger partial charge < -0.3 is 9.47 Å². The summed E-state index contributed by atoms with van der Waals surface area (Å²) in [6.45, 7) is 1.87. The van der Waals surface area contributed by atoms with Crippen molar-refractivity contribution in [2.24, 2.45) is 5.92 Å². The molecule has 0 aromatic heterocycles. The Morgan fingerprint density at radius 1 is 1.35 bits per heavy atom. The van der Waals surface area contributed by atoms with Crippen molar-refractivity contribution >= 4 is 11.5 Å². The van der Waals surface area contributed by atoms with Crippen molar-refractivity contribution in [3.8, 4) is 5.75 Å². The highest BCUT2D eigenvalue weighted by Gasteiger charge is 2.24. The molecule has 1 aliphatic carbocycles. The van der Waals surface area contributed by atoms with Crippen LogP contribution in [0.2, 0.25) is 0 Å². The lowest BCUT2D eigenvalue weighted by atomic mass is 9.95. The molecule has 0 amide bonds. The fraction of sp³-hybridized carbons (Fsp3) is 0.357. The van der Waals surface area contributed by atoms with Gasteiger partial charge in [-0.3, -0.25) is 4.79 Å². The molecule has 0 bridgehead atoms. The van der Waals surface area contributed by atoms with Gasteiger partial charge in [-0.25, -0.2) is 0 Å². The monoisotopic (exact) mass is 232 g/mol. The number of hydrogen-bond donors (Lipinski definition) is 0. The third-order valence-corrected chi connectivity index (χ3v) is 3.19. The molecule has 3 heteroatoms. The summed E-state index contributed by atoms with van der Waals surface area (Å²) in [5.41, 5.74) is 3.38. The largest absolute Gasteiger partial charge is 0.497 e. The van der Waals surface area contributed by atoms with Crippen LogP contribution in [-0.2, 0) is 16.0 Å². The van der Waals surface area contributed by atoms with E-state index in [-0.39, 0.29) is 11.9 Å². The van der Waals surface area contributed by atoms with Crippen LogP contribution in [0.25, 0.3) is 5.57 Å². The van der Waals surface area contributed by atoms with E-state index in [9.17, 15) is 4.79 Å². The first-order chi connectivity index (χ1) is 8.17.